The maximum absolute atomic E-state index is 12.5. The highest BCUT2D eigenvalue weighted by molar-refractivity contribution is 7.93. The van der Waals surface area contributed by atoms with Gasteiger partial charge < -0.3 is 9.47 Å². The highest BCUT2D eigenvalue weighted by atomic mass is 32.2. The van der Waals surface area contributed by atoms with Crippen LogP contribution in [0.25, 0.3) is 0 Å². The number of sulfonamides is 1. The van der Waals surface area contributed by atoms with Crippen molar-refractivity contribution >= 4 is 16.0 Å². The topological polar surface area (TPSA) is 108 Å². The fourth-order valence-electron chi connectivity index (χ4n) is 2.96. The predicted molar refractivity (Wildman–Crippen MR) is 112 cm³/mol. The number of benzene rings is 1. The lowest BCUT2D eigenvalue weighted by Gasteiger charge is -2.39. The summed E-state index contributed by atoms with van der Waals surface area (Å²) in [4.78, 5) is 12.2. The summed E-state index contributed by atoms with van der Waals surface area (Å²) in [5.41, 5.74) is -1.26. The number of esters is 1. The number of nitrogens with one attached hydrogen (secondary N) is 1. The smallest absolute Gasteiger partial charge is 0.337 e. The van der Waals surface area contributed by atoms with E-state index in [2.05, 4.69) is 5.32 Å². The van der Waals surface area contributed by atoms with Crippen LogP contribution in [-0.2, 0) is 19.6 Å². The van der Waals surface area contributed by atoms with Gasteiger partial charge in [-0.05, 0) is 38.0 Å². The number of rotatable bonds is 10. The van der Waals surface area contributed by atoms with Gasteiger partial charge in [0.05, 0.1) is 12.2 Å². The highest BCUT2D eigenvalue weighted by Gasteiger charge is 2.45. The summed E-state index contributed by atoms with van der Waals surface area (Å²) in [5.74, 6) is -0.0864. The van der Waals surface area contributed by atoms with E-state index in [4.69, 9.17) is 14.6 Å². The first kappa shape index (κ1) is 23.1. The molecule has 0 aromatic heterocycles. The number of ether oxygens (including phenoxy) is 2. The first-order chi connectivity index (χ1) is 13.7. The molecule has 1 aromatic carbocycles. The zero-order valence-electron chi connectivity index (χ0n) is 17.2. The second-order valence-corrected chi connectivity index (χ2v) is 8.63. The number of carbonyl (C=O) groups is 1. The van der Waals surface area contributed by atoms with E-state index in [0.717, 1.165) is 19.3 Å². The van der Waals surface area contributed by atoms with Crippen molar-refractivity contribution in [1.29, 1.82) is 0 Å². The zero-order chi connectivity index (χ0) is 21.5. The number of unbranched alkanes of at least 4 members (excludes halogenated alkanes) is 1. The van der Waals surface area contributed by atoms with Gasteiger partial charge in [-0.2, -0.15) is 0 Å². The second-order valence-electron chi connectivity index (χ2n) is 7.10. The minimum atomic E-state index is -4.17. The molecule has 0 heterocycles. The van der Waals surface area contributed by atoms with Gasteiger partial charge in [0.25, 0.3) is 0 Å². The Hall–Kier alpha value is -2.16. The summed E-state index contributed by atoms with van der Waals surface area (Å²) < 4.78 is 36.4. The van der Waals surface area contributed by atoms with Crippen LogP contribution >= 0.6 is 0 Å². The van der Waals surface area contributed by atoms with Gasteiger partial charge in [0, 0.05) is 12.5 Å². The molecule has 0 fully saturated rings. The van der Waals surface area contributed by atoms with Crippen LogP contribution in [-0.4, -0.2) is 32.8 Å². The van der Waals surface area contributed by atoms with Crippen molar-refractivity contribution < 1.29 is 22.7 Å². The molecule has 1 aromatic rings. The van der Waals surface area contributed by atoms with Crippen LogP contribution in [0.1, 0.15) is 46.5 Å². The van der Waals surface area contributed by atoms with E-state index >= 15 is 0 Å². The van der Waals surface area contributed by atoms with Gasteiger partial charge in [0.1, 0.15) is 10.7 Å². The molecule has 0 amide bonds. The van der Waals surface area contributed by atoms with Crippen molar-refractivity contribution in [3.63, 3.8) is 0 Å². The first-order valence-electron chi connectivity index (χ1n) is 9.86. The normalized spacial score (nSPS) is 20.4. The number of hydrogen-bond donors (Lipinski definition) is 2. The van der Waals surface area contributed by atoms with E-state index < -0.39 is 21.7 Å². The fraction of sp³-hybridized carbons (Fsp3) is 0.476. The Kier molecular flexibility index (Phi) is 8.01. The minimum absolute atomic E-state index is 0.0599. The van der Waals surface area contributed by atoms with E-state index in [1.807, 2.05) is 26.8 Å². The summed E-state index contributed by atoms with van der Waals surface area (Å²) in [5, 5.41) is 8.80. The molecule has 1 aliphatic rings. The summed E-state index contributed by atoms with van der Waals surface area (Å²) in [6.45, 7) is 6.17. The van der Waals surface area contributed by atoms with Crippen LogP contribution in [0.5, 0.6) is 5.75 Å². The standard InChI is InChI=1S/C21H30N2O5S/c1-4-6-14-27-20(24)17-12-13-21(23-16(3)5-2,19(15-17)29(22,25)26)28-18-10-8-7-9-11-18/h7-12,15-16,23H,4-6,13-14H2,1-3H3,(H2,22,25,26). The van der Waals surface area contributed by atoms with E-state index in [-0.39, 0.29) is 29.5 Å². The molecule has 0 saturated carbocycles. The van der Waals surface area contributed by atoms with Gasteiger partial charge in [-0.25, -0.2) is 18.4 Å². The molecular weight excluding hydrogens is 392 g/mol. The molecule has 2 atom stereocenters. The molecule has 2 unspecified atom stereocenters. The molecule has 0 spiro atoms. The molecule has 160 valence electrons. The monoisotopic (exact) mass is 422 g/mol. The Labute approximate surface area is 173 Å². The van der Waals surface area contributed by atoms with Crippen LogP contribution in [0.15, 0.2) is 53.0 Å². The molecule has 0 radical (unpaired) electrons. The van der Waals surface area contributed by atoms with Crippen LogP contribution in [0.3, 0.4) is 0 Å². The van der Waals surface area contributed by atoms with E-state index in [0.29, 0.717) is 5.75 Å². The first-order valence-corrected chi connectivity index (χ1v) is 11.4. The third kappa shape index (κ3) is 6.16. The lowest BCUT2D eigenvalue weighted by atomic mass is 9.97. The Balaban J connectivity index is 2.44. The van der Waals surface area contributed by atoms with Gasteiger partial charge in [-0.3, -0.25) is 5.32 Å². The average Bonchev–Trinajstić information content (AvgIpc) is 2.68. The van der Waals surface area contributed by atoms with Crippen molar-refractivity contribution in [3.8, 4) is 5.75 Å². The fourth-order valence-corrected chi connectivity index (χ4v) is 3.89. The van der Waals surface area contributed by atoms with Crippen LogP contribution < -0.4 is 15.2 Å². The maximum Gasteiger partial charge on any atom is 0.337 e. The quantitative estimate of drug-likeness (QED) is 0.341. The molecule has 29 heavy (non-hydrogen) atoms. The number of nitrogens with two attached hydrogens (primary N) is 1. The summed E-state index contributed by atoms with van der Waals surface area (Å²) >= 11 is 0. The summed E-state index contributed by atoms with van der Waals surface area (Å²) in [6.07, 6.45) is 5.35. The third-order valence-electron chi connectivity index (χ3n) is 4.69. The van der Waals surface area contributed by atoms with Gasteiger partial charge in [0.15, 0.2) is 0 Å². The summed E-state index contributed by atoms with van der Waals surface area (Å²) in [7, 11) is -4.17. The van der Waals surface area contributed by atoms with Gasteiger partial charge >= 0.3 is 5.97 Å². The van der Waals surface area contributed by atoms with Crippen molar-refractivity contribution in [2.75, 3.05) is 6.61 Å². The van der Waals surface area contributed by atoms with E-state index in [1.165, 1.54) is 6.08 Å². The van der Waals surface area contributed by atoms with Crippen molar-refractivity contribution in [1.82, 2.24) is 5.32 Å². The third-order valence-corrected chi connectivity index (χ3v) is 5.76. The molecule has 3 N–H and O–H groups in total. The van der Waals surface area contributed by atoms with Crippen molar-refractivity contribution in [3.05, 3.63) is 53.0 Å². The van der Waals surface area contributed by atoms with Gasteiger partial charge in [-0.1, -0.05) is 44.5 Å². The number of hydrogen-bond acceptors (Lipinski definition) is 6. The Morgan fingerprint density at radius 2 is 1.97 bits per heavy atom. The zero-order valence-corrected chi connectivity index (χ0v) is 18.0. The lowest BCUT2D eigenvalue weighted by Crippen LogP contribution is -2.58. The van der Waals surface area contributed by atoms with Gasteiger partial charge in [-0.15, -0.1) is 0 Å². The van der Waals surface area contributed by atoms with Crippen molar-refractivity contribution in [2.24, 2.45) is 5.14 Å². The summed E-state index contributed by atoms with van der Waals surface area (Å²) in [6, 6.07) is 8.83. The highest BCUT2D eigenvalue weighted by Crippen LogP contribution is 2.34. The van der Waals surface area contributed by atoms with Crippen LogP contribution in [0.4, 0.5) is 0 Å². The molecule has 0 bridgehead atoms. The Bertz CT molecular complexity index is 864. The molecule has 0 aliphatic heterocycles. The molecule has 2 rings (SSSR count). The van der Waals surface area contributed by atoms with E-state index in [1.54, 1.807) is 30.3 Å². The minimum Gasteiger partial charge on any atom is -0.467 e. The lowest BCUT2D eigenvalue weighted by molar-refractivity contribution is -0.138. The largest absolute Gasteiger partial charge is 0.467 e. The Morgan fingerprint density at radius 3 is 2.55 bits per heavy atom. The number of carbonyl (C=O) groups excluding carboxylic acids is 1. The molecule has 7 nitrogen and oxygen atoms in total. The SMILES string of the molecule is CCCCOC(=O)C1=CCC(NC(C)CC)(Oc2ccccc2)C(S(N)(=O)=O)=C1. The van der Waals surface area contributed by atoms with Crippen molar-refractivity contribution in [2.45, 2.75) is 58.2 Å². The molecule has 0 saturated heterocycles. The Morgan fingerprint density at radius 1 is 1.28 bits per heavy atom. The second kappa shape index (κ2) is 10.0. The maximum atomic E-state index is 12.5. The average molecular weight is 423 g/mol. The molecule has 1 aliphatic carbocycles. The molecule has 8 heteroatoms. The predicted octanol–water partition coefficient (Wildman–Crippen LogP) is 3.00. The number of para-hydroxylation sites is 1. The van der Waals surface area contributed by atoms with Gasteiger partial charge in [0.2, 0.25) is 15.7 Å². The van der Waals surface area contributed by atoms with Crippen LogP contribution in [0, 0.1) is 0 Å². The molecular formula is C21H30N2O5S. The number of primary sulfonamides is 1. The van der Waals surface area contributed by atoms with E-state index in [9.17, 15) is 13.2 Å². The van der Waals surface area contributed by atoms with Crippen LogP contribution in [0.2, 0.25) is 0 Å².